The molecule has 2 N–H and O–H groups in total. The monoisotopic (exact) mass is 167 g/mol. The van der Waals surface area contributed by atoms with E-state index in [-0.39, 0.29) is 5.56 Å². The van der Waals surface area contributed by atoms with Gasteiger partial charge in [-0.3, -0.25) is 4.79 Å². The number of aromatic nitrogens is 2. The van der Waals surface area contributed by atoms with Crippen molar-refractivity contribution in [3.63, 3.8) is 0 Å². The van der Waals surface area contributed by atoms with Crippen LogP contribution < -0.4 is 11.3 Å². The Balaban J connectivity index is 2.79. The van der Waals surface area contributed by atoms with E-state index in [1.807, 2.05) is 0 Å². The minimum Gasteiger partial charge on any atom is -0.369 e. The summed E-state index contributed by atoms with van der Waals surface area (Å²) in [5.74, 6) is 0.302. The van der Waals surface area contributed by atoms with E-state index in [0.29, 0.717) is 5.95 Å². The van der Waals surface area contributed by atoms with Crippen LogP contribution in [-0.4, -0.2) is 9.55 Å². The van der Waals surface area contributed by atoms with E-state index in [4.69, 9.17) is 5.73 Å². The second-order valence-corrected chi connectivity index (χ2v) is 2.67. The summed E-state index contributed by atoms with van der Waals surface area (Å²) in [7, 11) is 0. The fourth-order valence-corrected chi connectivity index (χ4v) is 0.962. The highest BCUT2D eigenvalue weighted by Crippen LogP contribution is 1.98. The lowest BCUT2D eigenvalue weighted by Gasteiger charge is -2.06. The number of nitrogen functional groups attached to an aromatic ring is 1. The van der Waals surface area contributed by atoms with E-state index in [1.54, 1.807) is 10.8 Å². The SMILES string of the molecule is CCCCn1ccc(=O)nc1N. The maximum atomic E-state index is 10.7. The van der Waals surface area contributed by atoms with Crippen LogP contribution in [-0.2, 0) is 6.54 Å². The Hall–Kier alpha value is -1.32. The number of rotatable bonds is 3. The van der Waals surface area contributed by atoms with E-state index < -0.39 is 0 Å². The molecule has 0 fully saturated rings. The second-order valence-electron chi connectivity index (χ2n) is 2.67. The van der Waals surface area contributed by atoms with Crippen LogP contribution in [0, 0.1) is 0 Å². The molecule has 12 heavy (non-hydrogen) atoms. The molecule has 0 saturated carbocycles. The molecule has 0 spiro atoms. The summed E-state index contributed by atoms with van der Waals surface area (Å²) in [4.78, 5) is 14.3. The molecule has 66 valence electrons. The number of unbranched alkanes of at least 4 members (excludes halogenated alkanes) is 1. The molecule has 0 amide bonds. The highest BCUT2D eigenvalue weighted by molar-refractivity contribution is 5.15. The van der Waals surface area contributed by atoms with E-state index in [1.165, 1.54) is 6.07 Å². The van der Waals surface area contributed by atoms with Crippen LogP contribution in [0.4, 0.5) is 5.95 Å². The van der Waals surface area contributed by atoms with Gasteiger partial charge in [-0.05, 0) is 6.42 Å². The number of hydrogen-bond donors (Lipinski definition) is 1. The minimum absolute atomic E-state index is 0.278. The van der Waals surface area contributed by atoms with Crippen molar-refractivity contribution in [2.24, 2.45) is 0 Å². The van der Waals surface area contributed by atoms with Crippen molar-refractivity contribution in [2.45, 2.75) is 26.3 Å². The van der Waals surface area contributed by atoms with Gasteiger partial charge in [0, 0.05) is 18.8 Å². The lowest BCUT2D eigenvalue weighted by atomic mass is 10.3. The summed E-state index contributed by atoms with van der Waals surface area (Å²) in [6, 6.07) is 1.42. The van der Waals surface area contributed by atoms with Crippen LogP contribution >= 0.6 is 0 Å². The molecule has 1 aromatic rings. The van der Waals surface area contributed by atoms with Gasteiger partial charge in [-0.1, -0.05) is 13.3 Å². The van der Waals surface area contributed by atoms with Gasteiger partial charge in [0.25, 0.3) is 5.56 Å². The lowest BCUT2D eigenvalue weighted by Crippen LogP contribution is -2.15. The molecule has 0 radical (unpaired) electrons. The summed E-state index contributed by atoms with van der Waals surface area (Å²) in [6.45, 7) is 2.93. The number of nitrogens with zero attached hydrogens (tertiary/aromatic N) is 2. The lowest BCUT2D eigenvalue weighted by molar-refractivity contribution is 0.626. The summed E-state index contributed by atoms with van der Waals surface area (Å²) in [6.07, 6.45) is 3.83. The third-order valence-electron chi connectivity index (χ3n) is 1.67. The van der Waals surface area contributed by atoms with E-state index in [9.17, 15) is 4.79 Å². The summed E-state index contributed by atoms with van der Waals surface area (Å²) in [5, 5.41) is 0. The highest BCUT2D eigenvalue weighted by atomic mass is 16.1. The van der Waals surface area contributed by atoms with Gasteiger partial charge in [-0.2, -0.15) is 4.98 Å². The third-order valence-corrected chi connectivity index (χ3v) is 1.67. The minimum atomic E-state index is -0.278. The Kier molecular flexibility index (Phi) is 2.85. The Morgan fingerprint density at radius 2 is 2.42 bits per heavy atom. The van der Waals surface area contributed by atoms with Crippen molar-refractivity contribution in [1.82, 2.24) is 9.55 Å². The van der Waals surface area contributed by atoms with Crippen LogP contribution in [0.3, 0.4) is 0 Å². The molecule has 0 aliphatic carbocycles. The largest absolute Gasteiger partial charge is 0.369 e. The quantitative estimate of drug-likeness (QED) is 0.718. The zero-order chi connectivity index (χ0) is 8.97. The number of nitrogens with two attached hydrogens (primary N) is 1. The summed E-state index contributed by atoms with van der Waals surface area (Å²) >= 11 is 0. The highest BCUT2D eigenvalue weighted by Gasteiger charge is 1.95. The number of aryl methyl sites for hydroxylation is 1. The van der Waals surface area contributed by atoms with Gasteiger partial charge in [0.05, 0.1) is 0 Å². The number of hydrogen-bond acceptors (Lipinski definition) is 3. The first-order valence-electron chi connectivity index (χ1n) is 4.07. The van der Waals surface area contributed by atoms with Crippen molar-refractivity contribution >= 4 is 5.95 Å². The second kappa shape index (κ2) is 3.90. The van der Waals surface area contributed by atoms with Gasteiger partial charge >= 0.3 is 0 Å². The summed E-state index contributed by atoms with van der Waals surface area (Å²) < 4.78 is 1.78. The number of anilines is 1. The Morgan fingerprint density at radius 3 is 3.00 bits per heavy atom. The molecule has 4 nitrogen and oxygen atoms in total. The molecule has 0 aliphatic rings. The predicted octanol–water partition coefficient (Wildman–Crippen LogP) is 0.626. The molecule has 0 saturated heterocycles. The van der Waals surface area contributed by atoms with Gasteiger partial charge in [-0.25, -0.2) is 0 Å². The van der Waals surface area contributed by atoms with Crippen molar-refractivity contribution in [3.8, 4) is 0 Å². The van der Waals surface area contributed by atoms with E-state index in [0.717, 1.165) is 19.4 Å². The first-order chi connectivity index (χ1) is 5.74. The maximum Gasteiger partial charge on any atom is 0.274 e. The Morgan fingerprint density at radius 1 is 1.67 bits per heavy atom. The summed E-state index contributed by atoms with van der Waals surface area (Å²) in [5.41, 5.74) is 5.24. The first-order valence-corrected chi connectivity index (χ1v) is 4.07. The third kappa shape index (κ3) is 2.08. The van der Waals surface area contributed by atoms with Crippen LogP contribution in [0.25, 0.3) is 0 Å². The van der Waals surface area contributed by atoms with Crippen molar-refractivity contribution in [3.05, 3.63) is 22.6 Å². The fourth-order valence-electron chi connectivity index (χ4n) is 0.962. The normalized spacial score (nSPS) is 10.1. The Bertz CT molecular complexity index is 305. The fraction of sp³-hybridized carbons (Fsp3) is 0.500. The molecule has 0 aromatic carbocycles. The van der Waals surface area contributed by atoms with Gasteiger partial charge in [0.2, 0.25) is 5.95 Å². The molecular weight excluding hydrogens is 154 g/mol. The molecule has 0 bridgehead atoms. The predicted molar refractivity (Wildman–Crippen MR) is 47.8 cm³/mol. The van der Waals surface area contributed by atoms with Crippen molar-refractivity contribution in [2.75, 3.05) is 5.73 Å². The topological polar surface area (TPSA) is 60.9 Å². The molecule has 0 atom stereocenters. The van der Waals surface area contributed by atoms with Gasteiger partial charge in [0.15, 0.2) is 0 Å². The standard InChI is InChI=1S/C8H13N3O/c1-2-3-5-11-6-4-7(12)10-8(11)9/h4,6H,2-3,5H2,1H3,(H2,9,10,12). The molecule has 1 heterocycles. The van der Waals surface area contributed by atoms with Gasteiger partial charge in [0.1, 0.15) is 0 Å². The van der Waals surface area contributed by atoms with Crippen molar-refractivity contribution in [1.29, 1.82) is 0 Å². The Labute approximate surface area is 71.0 Å². The van der Waals surface area contributed by atoms with Crippen molar-refractivity contribution < 1.29 is 0 Å². The zero-order valence-electron chi connectivity index (χ0n) is 7.16. The smallest absolute Gasteiger partial charge is 0.274 e. The van der Waals surface area contributed by atoms with Gasteiger partial charge < -0.3 is 10.3 Å². The molecule has 1 rings (SSSR count). The molecule has 4 heteroatoms. The molecule has 1 aromatic heterocycles. The molecule has 0 aliphatic heterocycles. The van der Waals surface area contributed by atoms with E-state index in [2.05, 4.69) is 11.9 Å². The van der Waals surface area contributed by atoms with Crippen LogP contribution in [0.15, 0.2) is 17.1 Å². The average Bonchev–Trinajstić information content (AvgIpc) is 2.03. The zero-order valence-corrected chi connectivity index (χ0v) is 7.16. The molecular formula is C8H13N3O. The average molecular weight is 167 g/mol. The molecule has 0 unspecified atom stereocenters. The van der Waals surface area contributed by atoms with E-state index >= 15 is 0 Å². The maximum absolute atomic E-state index is 10.7. The van der Waals surface area contributed by atoms with Crippen LogP contribution in [0.5, 0.6) is 0 Å². The first kappa shape index (κ1) is 8.77. The van der Waals surface area contributed by atoms with Crippen LogP contribution in [0.2, 0.25) is 0 Å². The van der Waals surface area contributed by atoms with Gasteiger partial charge in [-0.15, -0.1) is 0 Å². The van der Waals surface area contributed by atoms with Crippen LogP contribution in [0.1, 0.15) is 19.8 Å².